The van der Waals surface area contributed by atoms with Crippen LogP contribution in [0.15, 0.2) is 10.5 Å². The minimum absolute atomic E-state index is 0.149. The number of aldehydes is 1. The average Bonchev–Trinajstić information content (AvgIpc) is 2.53. The Bertz CT molecular complexity index is 355. The molecule has 3 nitrogen and oxygen atoms in total. The Morgan fingerprint density at radius 1 is 1.44 bits per heavy atom. The first-order chi connectivity index (χ1) is 7.42. The first-order valence-corrected chi connectivity index (χ1v) is 6.54. The minimum Gasteiger partial charge on any atom is -0.481 e. The molecule has 0 saturated carbocycles. The molecule has 0 aliphatic rings. The Morgan fingerprint density at radius 2 is 2.12 bits per heavy atom. The van der Waals surface area contributed by atoms with Gasteiger partial charge in [0.15, 0.2) is 11.3 Å². The Hall–Kier alpha value is -0.390. The van der Waals surface area contributed by atoms with E-state index in [9.17, 15) is 4.79 Å². The number of halogens is 1. The predicted octanol–water partition coefficient (Wildman–Crippen LogP) is 3.52. The van der Waals surface area contributed by atoms with Crippen molar-refractivity contribution in [3.05, 3.63) is 15.4 Å². The van der Waals surface area contributed by atoms with Gasteiger partial charge in [-0.25, -0.2) is 0 Å². The summed E-state index contributed by atoms with van der Waals surface area (Å²) >= 11 is 4.66. The largest absolute Gasteiger partial charge is 0.481 e. The first-order valence-electron chi connectivity index (χ1n) is 4.93. The topological polar surface area (TPSA) is 35.5 Å². The highest BCUT2D eigenvalue weighted by Crippen LogP contribution is 2.34. The molecule has 0 saturated heterocycles. The van der Waals surface area contributed by atoms with Crippen LogP contribution in [0.2, 0.25) is 0 Å². The Balaban J connectivity index is 2.37. The van der Waals surface area contributed by atoms with Crippen LogP contribution in [0.5, 0.6) is 5.06 Å². The molecule has 0 N–H and O–H groups in total. The fraction of sp³-hybridized carbons (Fsp3) is 0.545. The lowest BCUT2D eigenvalue weighted by Crippen LogP contribution is -2.22. The maximum atomic E-state index is 10.5. The van der Waals surface area contributed by atoms with Gasteiger partial charge < -0.3 is 9.47 Å². The van der Waals surface area contributed by atoms with Gasteiger partial charge in [0.05, 0.1) is 21.6 Å². The third-order valence-corrected chi connectivity index (χ3v) is 3.47. The van der Waals surface area contributed by atoms with Crippen LogP contribution in [0.4, 0.5) is 0 Å². The molecule has 0 atom stereocenters. The lowest BCUT2D eigenvalue weighted by atomic mass is 10.2. The van der Waals surface area contributed by atoms with Crippen LogP contribution in [-0.4, -0.2) is 25.1 Å². The number of hydrogen-bond donors (Lipinski definition) is 0. The van der Waals surface area contributed by atoms with Crippen molar-refractivity contribution in [3.63, 3.8) is 0 Å². The highest BCUT2D eigenvalue weighted by Gasteiger charge is 2.11. The van der Waals surface area contributed by atoms with E-state index in [2.05, 4.69) is 15.9 Å². The van der Waals surface area contributed by atoms with Crippen LogP contribution in [0.3, 0.4) is 0 Å². The maximum Gasteiger partial charge on any atom is 0.188 e. The monoisotopic (exact) mass is 306 g/mol. The average molecular weight is 307 g/mol. The zero-order chi connectivity index (χ0) is 12.2. The molecule has 0 aromatic carbocycles. The van der Waals surface area contributed by atoms with Crippen LogP contribution in [0.1, 0.15) is 30.4 Å². The van der Waals surface area contributed by atoms with Crippen molar-refractivity contribution < 1.29 is 14.3 Å². The molecular weight excluding hydrogens is 292 g/mol. The van der Waals surface area contributed by atoms with E-state index in [1.807, 2.05) is 20.8 Å². The number of carbonyl (C=O) groups excluding carboxylic acids is 1. The molecule has 5 heteroatoms. The summed E-state index contributed by atoms with van der Waals surface area (Å²) < 4.78 is 11.8. The van der Waals surface area contributed by atoms with Crippen LogP contribution >= 0.6 is 27.3 Å². The van der Waals surface area contributed by atoms with Gasteiger partial charge in [-0.05, 0) is 42.8 Å². The number of carbonyl (C=O) groups is 1. The van der Waals surface area contributed by atoms with Gasteiger partial charge in [0.1, 0.15) is 6.61 Å². The molecule has 90 valence electrons. The van der Waals surface area contributed by atoms with Crippen molar-refractivity contribution in [1.82, 2.24) is 0 Å². The molecule has 1 rings (SSSR count). The molecule has 0 radical (unpaired) electrons. The summed E-state index contributed by atoms with van der Waals surface area (Å²) in [5, 5.41) is 0.722. The zero-order valence-corrected chi connectivity index (χ0v) is 12.0. The second kappa shape index (κ2) is 5.80. The van der Waals surface area contributed by atoms with Crippen molar-refractivity contribution in [3.8, 4) is 5.06 Å². The van der Waals surface area contributed by atoms with Crippen LogP contribution in [0.25, 0.3) is 0 Å². The predicted molar refractivity (Wildman–Crippen MR) is 68.6 cm³/mol. The van der Waals surface area contributed by atoms with Crippen molar-refractivity contribution in [1.29, 1.82) is 0 Å². The smallest absolute Gasteiger partial charge is 0.188 e. The van der Waals surface area contributed by atoms with Gasteiger partial charge in [-0.3, -0.25) is 4.79 Å². The van der Waals surface area contributed by atoms with E-state index < -0.39 is 0 Å². The van der Waals surface area contributed by atoms with E-state index in [1.165, 1.54) is 11.3 Å². The van der Waals surface area contributed by atoms with E-state index in [-0.39, 0.29) is 5.60 Å². The molecule has 0 aliphatic carbocycles. The first kappa shape index (κ1) is 13.7. The number of ether oxygens (including phenoxy) is 2. The zero-order valence-electron chi connectivity index (χ0n) is 9.58. The third kappa shape index (κ3) is 4.63. The molecule has 16 heavy (non-hydrogen) atoms. The number of rotatable bonds is 5. The lowest BCUT2D eigenvalue weighted by Gasteiger charge is -2.19. The van der Waals surface area contributed by atoms with E-state index in [4.69, 9.17) is 9.47 Å². The summed E-state index contributed by atoms with van der Waals surface area (Å²) in [7, 11) is 0. The summed E-state index contributed by atoms with van der Waals surface area (Å²) in [4.78, 5) is 11.2. The molecule has 0 aliphatic heterocycles. The van der Waals surface area contributed by atoms with E-state index >= 15 is 0 Å². The number of hydrogen-bond acceptors (Lipinski definition) is 4. The molecule has 0 unspecified atom stereocenters. The van der Waals surface area contributed by atoms with E-state index in [1.54, 1.807) is 6.07 Å². The normalized spacial score (nSPS) is 11.5. The third-order valence-electron chi connectivity index (χ3n) is 1.64. The Kier molecular flexibility index (Phi) is 4.95. The Morgan fingerprint density at radius 3 is 2.62 bits per heavy atom. The van der Waals surface area contributed by atoms with Gasteiger partial charge >= 0.3 is 0 Å². The van der Waals surface area contributed by atoms with Gasteiger partial charge in [-0.2, -0.15) is 0 Å². The van der Waals surface area contributed by atoms with Gasteiger partial charge in [-0.15, -0.1) is 0 Å². The standard InChI is InChI=1S/C11H15BrO3S/c1-11(2,3)15-5-4-14-10-9(12)6-8(7-13)16-10/h6-7H,4-5H2,1-3H3. The van der Waals surface area contributed by atoms with Gasteiger partial charge in [0, 0.05) is 0 Å². The van der Waals surface area contributed by atoms with Crippen LogP contribution in [-0.2, 0) is 4.74 Å². The molecule has 0 amide bonds. The Labute approximate surface area is 108 Å². The molecule has 0 bridgehead atoms. The number of thiophene rings is 1. The van der Waals surface area contributed by atoms with Gasteiger partial charge in [0.2, 0.25) is 0 Å². The quantitative estimate of drug-likeness (QED) is 0.617. The summed E-state index contributed by atoms with van der Waals surface area (Å²) in [6.45, 7) is 7.01. The highest BCUT2D eigenvalue weighted by atomic mass is 79.9. The summed E-state index contributed by atoms with van der Waals surface area (Å²) in [5.41, 5.74) is -0.149. The maximum absolute atomic E-state index is 10.5. The molecule has 1 aromatic heterocycles. The highest BCUT2D eigenvalue weighted by molar-refractivity contribution is 9.10. The van der Waals surface area contributed by atoms with Gasteiger partial charge in [-0.1, -0.05) is 11.3 Å². The lowest BCUT2D eigenvalue weighted by molar-refractivity contribution is -0.0159. The van der Waals surface area contributed by atoms with Crippen LogP contribution < -0.4 is 4.74 Å². The molecular formula is C11H15BrO3S. The van der Waals surface area contributed by atoms with E-state index in [0.717, 1.165) is 15.8 Å². The molecule has 0 spiro atoms. The summed E-state index contributed by atoms with van der Waals surface area (Å²) in [6.07, 6.45) is 0.813. The second-order valence-electron chi connectivity index (χ2n) is 4.21. The van der Waals surface area contributed by atoms with Crippen LogP contribution in [0, 0.1) is 0 Å². The molecule has 1 aromatic rings. The SMILES string of the molecule is CC(C)(C)OCCOc1sc(C=O)cc1Br. The summed E-state index contributed by atoms with van der Waals surface area (Å²) in [6, 6.07) is 1.75. The molecule has 0 fully saturated rings. The van der Waals surface area contributed by atoms with Crippen molar-refractivity contribution in [2.75, 3.05) is 13.2 Å². The second-order valence-corrected chi connectivity index (χ2v) is 6.11. The van der Waals surface area contributed by atoms with Crippen molar-refractivity contribution >= 4 is 33.6 Å². The fourth-order valence-electron chi connectivity index (χ4n) is 1.01. The van der Waals surface area contributed by atoms with Gasteiger partial charge in [0.25, 0.3) is 0 Å². The fourth-order valence-corrected chi connectivity index (χ4v) is 2.50. The van der Waals surface area contributed by atoms with Crippen molar-refractivity contribution in [2.24, 2.45) is 0 Å². The molecule has 1 heterocycles. The minimum atomic E-state index is -0.149. The van der Waals surface area contributed by atoms with Crippen molar-refractivity contribution in [2.45, 2.75) is 26.4 Å². The summed E-state index contributed by atoms with van der Waals surface area (Å²) in [5.74, 6) is 0. The van der Waals surface area contributed by atoms with E-state index in [0.29, 0.717) is 18.1 Å².